The van der Waals surface area contributed by atoms with E-state index < -0.39 is 17.6 Å². The summed E-state index contributed by atoms with van der Waals surface area (Å²) in [6.45, 7) is 5.34. The van der Waals surface area contributed by atoms with Gasteiger partial charge in [-0.2, -0.15) is 0 Å². The second-order valence-electron chi connectivity index (χ2n) is 7.21. The summed E-state index contributed by atoms with van der Waals surface area (Å²) in [6.07, 6.45) is 10.0. The lowest BCUT2D eigenvalue weighted by atomic mass is 9.90. The van der Waals surface area contributed by atoms with Crippen molar-refractivity contribution in [1.82, 2.24) is 14.5 Å². The molecule has 2 heterocycles. The van der Waals surface area contributed by atoms with Crippen LogP contribution in [0, 0.1) is 5.92 Å². The predicted molar refractivity (Wildman–Crippen MR) is 102 cm³/mol. The maximum atomic E-state index is 12.8. The van der Waals surface area contributed by atoms with Crippen LogP contribution in [0.3, 0.4) is 0 Å². The minimum absolute atomic E-state index is 0.0953. The van der Waals surface area contributed by atoms with Gasteiger partial charge in [-0.1, -0.05) is 38.1 Å². The van der Waals surface area contributed by atoms with Crippen LogP contribution < -0.4 is 0 Å². The highest BCUT2D eigenvalue weighted by Crippen LogP contribution is 2.34. The van der Waals surface area contributed by atoms with Crippen molar-refractivity contribution in [2.75, 3.05) is 6.54 Å². The average molecular weight is 367 g/mol. The Morgan fingerprint density at radius 3 is 2.74 bits per heavy atom. The van der Waals surface area contributed by atoms with Crippen LogP contribution >= 0.6 is 0 Å². The molecular weight excluding hydrogens is 342 g/mol. The molecule has 1 amide bonds. The first kappa shape index (κ1) is 18.9. The number of phenolic OH excluding ortho intramolecular Hbond substituents is 1. The van der Waals surface area contributed by atoms with Gasteiger partial charge in [0.15, 0.2) is 0 Å². The number of imidazole rings is 1. The number of phenols is 1. The molecule has 1 aliphatic heterocycles. The Bertz CT molecular complexity index is 827. The number of amides is 1. The molecule has 6 nitrogen and oxygen atoms in total. The molecule has 1 N–H and O–H groups in total. The number of likely N-dealkylation sites (tertiary alicyclic amines) is 1. The van der Waals surface area contributed by atoms with Crippen LogP contribution in [0.15, 0.2) is 55.1 Å². The monoisotopic (exact) mass is 367 g/mol. The van der Waals surface area contributed by atoms with Gasteiger partial charge in [0.1, 0.15) is 5.75 Å². The Morgan fingerprint density at radius 1 is 1.26 bits per heavy atom. The maximum absolute atomic E-state index is 12.8. The van der Waals surface area contributed by atoms with Gasteiger partial charge in [-0.3, -0.25) is 9.59 Å². The average Bonchev–Trinajstić information content (AvgIpc) is 3.22. The highest BCUT2D eigenvalue weighted by molar-refractivity contribution is 6.40. The summed E-state index contributed by atoms with van der Waals surface area (Å²) in [7, 11) is 0. The number of benzene rings is 1. The fourth-order valence-corrected chi connectivity index (χ4v) is 3.46. The van der Waals surface area contributed by atoms with Crippen molar-refractivity contribution in [2.24, 2.45) is 5.92 Å². The fraction of sp³-hybridized carbons (Fsp3) is 0.381. The van der Waals surface area contributed by atoms with Crippen molar-refractivity contribution in [3.8, 4) is 5.75 Å². The first-order valence-electron chi connectivity index (χ1n) is 9.25. The zero-order valence-electron chi connectivity index (χ0n) is 15.7. The minimum atomic E-state index is -0.590. The fourth-order valence-electron chi connectivity index (χ4n) is 3.46. The number of ketones is 1. The number of aromatic nitrogens is 2. The Balaban J connectivity index is 1.84. The van der Waals surface area contributed by atoms with E-state index in [4.69, 9.17) is 0 Å². The molecule has 2 atom stereocenters. The van der Waals surface area contributed by atoms with Gasteiger partial charge in [-0.25, -0.2) is 4.98 Å². The molecule has 3 rings (SSSR count). The quantitative estimate of drug-likeness (QED) is 0.603. The molecular formula is C21H25N3O3. The van der Waals surface area contributed by atoms with Crippen molar-refractivity contribution in [3.05, 3.63) is 60.7 Å². The lowest BCUT2D eigenvalue weighted by Gasteiger charge is -2.25. The molecule has 142 valence electrons. The van der Waals surface area contributed by atoms with Crippen LogP contribution in [0.4, 0.5) is 0 Å². The zero-order valence-corrected chi connectivity index (χ0v) is 15.7. The van der Waals surface area contributed by atoms with Crippen LogP contribution in [0.2, 0.25) is 0 Å². The minimum Gasteiger partial charge on any atom is -0.508 e. The number of carbonyl (C=O) groups is 2. The van der Waals surface area contributed by atoms with E-state index in [0.717, 1.165) is 13.0 Å². The standard InChI is InChI=1S/C21H25N3O3/c1-15(2)7-8-18-19(16-5-3-6-17(25)13-16)20(26)21(27)24(18)11-4-10-23-12-9-22-14-23/h3,5-9,12-15,18-19,25H,4,10-11H2,1-2H3. The highest BCUT2D eigenvalue weighted by Gasteiger charge is 2.46. The molecule has 0 saturated carbocycles. The molecule has 2 unspecified atom stereocenters. The van der Waals surface area contributed by atoms with Crippen molar-refractivity contribution in [3.63, 3.8) is 0 Å². The summed E-state index contributed by atoms with van der Waals surface area (Å²) in [4.78, 5) is 31.1. The largest absolute Gasteiger partial charge is 0.508 e. The Hall–Kier alpha value is -2.89. The summed E-state index contributed by atoms with van der Waals surface area (Å²) >= 11 is 0. The molecule has 2 aromatic rings. The predicted octanol–water partition coefficient (Wildman–Crippen LogP) is 2.75. The second-order valence-corrected chi connectivity index (χ2v) is 7.21. The molecule has 6 heteroatoms. The van der Waals surface area contributed by atoms with Crippen LogP contribution in [0.5, 0.6) is 5.75 Å². The van der Waals surface area contributed by atoms with Crippen LogP contribution in [-0.2, 0) is 16.1 Å². The number of carbonyl (C=O) groups excluding carboxylic acids is 2. The molecule has 1 aromatic heterocycles. The molecule has 0 spiro atoms. The Kier molecular flexibility index (Phi) is 5.74. The first-order valence-corrected chi connectivity index (χ1v) is 9.25. The third kappa shape index (κ3) is 4.27. The van der Waals surface area contributed by atoms with E-state index in [9.17, 15) is 14.7 Å². The van der Waals surface area contributed by atoms with Crippen LogP contribution in [0.25, 0.3) is 0 Å². The van der Waals surface area contributed by atoms with Crippen molar-refractivity contribution in [2.45, 2.75) is 38.8 Å². The number of Topliss-reactive ketones (excluding diaryl/α,β-unsaturated/α-hetero) is 1. The molecule has 1 aliphatic rings. The number of aryl methyl sites for hydroxylation is 1. The van der Waals surface area contributed by atoms with Crippen molar-refractivity contribution < 1.29 is 14.7 Å². The molecule has 0 aliphatic carbocycles. The molecule has 1 aromatic carbocycles. The van der Waals surface area contributed by atoms with E-state index in [-0.39, 0.29) is 11.8 Å². The van der Waals surface area contributed by atoms with Gasteiger partial charge >= 0.3 is 0 Å². The number of hydrogen-bond donors (Lipinski definition) is 1. The Morgan fingerprint density at radius 2 is 2.07 bits per heavy atom. The smallest absolute Gasteiger partial charge is 0.291 e. The summed E-state index contributed by atoms with van der Waals surface area (Å²) in [5, 5.41) is 9.81. The van der Waals surface area contributed by atoms with E-state index in [1.807, 2.05) is 22.9 Å². The zero-order chi connectivity index (χ0) is 19.4. The summed E-state index contributed by atoms with van der Waals surface area (Å²) in [6, 6.07) is 6.29. The lowest BCUT2D eigenvalue weighted by Crippen LogP contribution is -2.35. The van der Waals surface area contributed by atoms with E-state index in [1.165, 1.54) is 0 Å². The van der Waals surface area contributed by atoms with Crippen LogP contribution in [0.1, 0.15) is 31.7 Å². The Labute approximate surface area is 159 Å². The van der Waals surface area contributed by atoms with Crippen LogP contribution in [-0.4, -0.2) is 43.8 Å². The first-order chi connectivity index (χ1) is 13.0. The number of allylic oxidation sites excluding steroid dienone is 1. The number of hydrogen-bond acceptors (Lipinski definition) is 4. The maximum Gasteiger partial charge on any atom is 0.291 e. The second kappa shape index (κ2) is 8.20. The SMILES string of the molecule is CC(C)C=CC1C(c2cccc(O)c2)C(=O)C(=O)N1CCCn1ccnc1. The summed E-state index contributed by atoms with van der Waals surface area (Å²) in [5.74, 6) is -1.05. The topological polar surface area (TPSA) is 75.4 Å². The molecule has 0 radical (unpaired) electrons. The van der Waals surface area contributed by atoms with Gasteiger partial charge in [0, 0.05) is 25.5 Å². The van der Waals surface area contributed by atoms with Gasteiger partial charge in [-0.15, -0.1) is 0 Å². The highest BCUT2D eigenvalue weighted by atomic mass is 16.3. The molecule has 0 bridgehead atoms. The summed E-state index contributed by atoms with van der Waals surface area (Å²) in [5.41, 5.74) is 0.670. The van der Waals surface area contributed by atoms with Gasteiger partial charge in [-0.05, 0) is 30.0 Å². The van der Waals surface area contributed by atoms with E-state index in [2.05, 4.69) is 18.8 Å². The van der Waals surface area contributed by atoms with Gasteiger partial charge in [0.25, 0.3) is 5.91 Å². The van der Waals surface area contributed by atoms with E-state index in [0.29, 0.717) is 18.0 Å². The van der Waals surface area contributed by atoms with Crippen molar-refractivity contribution >= 4 is 11.7 Å². The van der Waals surface area contributed by atoms with E-state index in [1.54, 1.807) is 41.7 Å². The third-order valence-electron chi connectivity index (χ3n) is 4.75. The molecule has 1 saturated heterocycles. The molecule has 27 heavy (non-hydrogen) atoms. The number of aromatic hydroxyl groups is 1. The van der Waals surface area contributed by atoms with Crippen molar-refractivity contribution in [1.29, 1.82) is 0 Å². The van der Waals surface area contributed by atoms with Gasteiger partial charge in [0.05, 0.1) is 18.3 Å². The number of nitrogens with zero attached hydrogens (tertiary/aromatic N) is 3. The normalized spacial score (nSPS) is 20.3. The number of rotatable bonds is 7. The van der Waals surface area contributed by atoms with Gasteiger partial charge in [0.2, 0.25) is 5.78 Å². The van der Waals surface area contributed by atoms with Gasteiger partial charge < -0.3 is 14.6 Å². The molecule has 1 fully saturated rings. The lowest BCUT2D eigenvalue weighted by molar-refractivity contribution is -0.140. The summed E-state index contributed by atoms with van der Waals surface area (Å²) < 4.78 is 1.95. The third-order valence-corrected chi connectivity index (χ3v) is 4.75. The van der Waals surface area contributed by atoms with E-state index >= 15 is 0 Å².